The Morgan fingerprint density at radius 2 is 2.15 bits per heavy atom. The number of pyridine rings is 1. The van der Waals surface area contributed by atoms with Gasteiger partial charge in [0, 0.05) is 24.2 Å². The number of benzene rings is 1. The molecule has 3 aliphatic heterocycles. The maximum Gasteiger partial charge on any atom is 0.120 e. The summed E-state index contributed by atoms with van der Waals surface area (Å²) >= 11 is 0. The Kier molecular flexibility index (Phi) is 6.06. The van der Waals surface area contributed by atoms with Gasteiger partial charge in [0.2, 0.25) is 0 Å². The molecule has 3 saturated heterocycles. The zero-order chi connectivity index (χ0) is 17.4. The van der Waals surface area contributed by atoms with Gasteiger partial charge in [-0.05, 0) is 68.0 Å². The highest BCUT2D eigenvalue weighted by atomic mass is 35.5. The van der Waals surface area contributed by atoms with Crippen molar-refractivity contribution in [1.82, 2.24) is 9.88 Å². The molecule has 5 heteroatoms. The van der Waals surface area contributed by atoms with E-state index < -0.39 is 6.10 Å². The van der Waals surface area contributed by atoms with Crippen molar-refractivity contribution in [3.63, 3.8) is 0 Å². The standard InChI is InChI=1S/C21H28N2O2.ClH/c1-3-14-13-23-10-8-15(14)11-20(23)21(24)17-7-9-22-19-6-5-16(25-4-2)12-18(17)19;/h5-7,9,12,14-15,20-21,24H,3-4,8,10-11,13H2,1-2H3;1H/t14?,15?,20-,21?;/m0./s1. The van der Waals surface area contributed by atoms with Gasteiger partial charge in [0.05, 0.1) is 18.2 Å². The van der Waals surface area contributed by atoms with Gasteiger partial charge in [-0.25, -0.2) is 0 Å². The molecular weight excluding hydrogens is 348 g/mol. The monoisotopic (exact) mass is 376 g/mol. The van der Waals surface area contributed by atoms with Crippen molar-refractivity contribution < 1.29 is 9.84 Å². The molecule has 0 aliphatic carbocycles. The zero-order valence-electron chi connectivity index (χ0n) is 15.6. The molecular formula is C21H29ClN2O2. The van der Waals surface area contributed by atoms with Crippen molar-refractivity contribution in [3.05, 3.63) is 36.0 Å². The molecule has 1 N–H and O–H groups in total. The summed E-state index contributed by atoms with van der Waals surface area (Å²) in [4.78, 5) is 6.98. The van der Waals surface area contributed by atoms with E-state index in [2.05, 4.69) is 16.8 Å². The van der Waals surface area contributed by atoms with Crippen LogP contribution in [0, 0.1) is 11.8 Å². The highest BCUT2D eigenvalue weighted by Crippen LogP contribution is 2.42. The SMILES string of the molecule is CCOc1ccc2nccc(C(O)[C@@H]3CC4CCN3CC4CC)c2c1.Cl. The van der Waals surface area contributed by atoms with Crippen molar-refractivity contribution >= 4 is 23.3 Å². The first-order valence-electron chi connectivity index (χ1n) is 9.64. The minimum Gasteiger partial charge on any atom is -0.494 e. The van der Waals surface area contributed by atoms with E-state index in [0.29, 0.717) is 6.61 Å². The van der Waals surface area contributed by atoms with E-state index in [4.69, 9.17) is 4.74 Å². The molecule has 142 valence electrons. The summed E-state index contributed by atoms with van der Waals surface area (Å²) in [6.07, 6.45) is 4.98. The lowest BCUT2D eigenvalue weighted by molar-refractivity contribution is -0.0562. The number of hydrogen-bond donors (Lipinski definition) is 1. The summed E-state index contributed by atoms with van der Waals surface area (Å²) < 4.78 is 5.65. The summed E-state index contributed by atoms with van der Waals surface area (Å²) in [7, 11) is 0. The van der Waals surface area contributed by atoms with Gasteiger partial charge in [0.15, 0.2) is 0 Å². The lowest BCUT2D eigenvalue weighted by Gasteiger charge is -2.51. The second-order valence-electron chi connectivity index (χ2n) is 7.47. The molecule has 1 aromatic heterocycles. The van der Waals surface area contributed by atoms with Crippen LogP contribution in [0.2, 0.25) is 0 Å². The van der Waals surface area contributed by atoms with Gasteiger partial charge in [-0.3, -0.25) is 9.88 Å². The summed E-state index contributed by atoms with van der Waals surface area (Å²) in [5.74, 6) is 2.41. The molecule has 0 radical (unpaired) electrons. The molecule has 0 spiro atoms. The lowest BCUT2D eigenvalue weighted by atomic mass is 9.72. The molecule has 4 unspecified atom stereocenters. The van der Waals surface area contributed by atoms with Gasteiger partial charge in [-0.15, -0.1) is 12.4 Å². The lowest BCUT2D eigenvalue weighted by Crippen LogP contribution is -2.55. The van der Waals surface area contributed by atoms with Crippen LogP contribution in [-0.2, 0) is 0 Å². The minimum atomic E-state index is -0.469. The highest BCUT2D eigenvalue weighted by molar-refractivity contribution is 5.85. The zero-order valence-corrected chi connectivity index (χ0v) is 16.4. The number of fused-ring (bicyclic) bond motifs is 4. The van der Waals surface area contributed by atoms with Crippen molar-refractivity contribution in [3.8, 4) is 5.75 Å². The Morgan fingerprint density at radius 1 is 1.31 bits per heavy atom. The van der Waals surface area contributed by atoms with E-state index >= 15 is 0 Å². The Bertz CT molecular complexity index is 754. The number of aliphatic hydroxyl groups is 1. The van der Waals surface area contributed by atoms with E-state index in [1.165, 1.54) is 12.8 Å². The number of nitrogens with zero attached hydrogens (tertiary/aromatic N) is 2. The number of aliphatic hydroxyl groups excluding tert-OH is 1. The Balaban J connectivity index is 0.00000196. The molecule has 5 atom stereocenters. The van der Waals surface area contributed by atoms with Crippen LogP contribution < -0.4 is 4.74 Å². The van der Waals surface area contributed by atoms with Gasteiger partial charge < -0.3 is 9.84 Å². The third kappa shape index (κ3) is 3.42. The van der Waals surface area contributed by atoms with Crippen molar-refractivity contribution in [1.29, 1.82) is 0 Å². The number of hydrogen-bond acceptors (Lipinski definition) is 4. The van der Waals surface area contributed by atoms with Gasteiger partial charge in [0.25, 0.3) is 0 Å². The van der Waals surface area contributed by atoms with Crippen LogP contribution in [0.1, 0.15) is 44.8 Å². The number of piperidine rings is 3. The molecule has 4 nitrogen and oxygen atoms in total. The minimum absolute atomic E-state index is 0. The number of halogens is 1. The Morgan fingerprint density at radius 3 is 2.85 bits per heavy atom. The first-order valence-corrected chi connectivity index (χ1v) is 9.64. The Labute approximate surface area is 162 Å². The summed E-state index contributed by atoms with van der Waals surface area (Å²) in [5, 5.41) is 12.2. The molecule has 3 fully saturated rings. The third-order valence-electron chi connectivity index (χ3n) is 6.20. The van der Waals surface area contributed by atoms with Crippen molar-refractivity contribution in [2.45, 2.75) is 45.3 Å². The molecule has 3 aliphatic rings. The maximum absolute atomic E-state index is 11.2. The highest BCUT2D eigenvalue weighted by Gasteiger charge is 2.42. The molecule has 2 bridgehead atoms. The van der Waals surface area contributed by atoms with Crippen LogP contribution in [0.4, 0.5) is 0 Å². The fourth-order valence-corrected chi connectivity index (χ4v) is 4.84. The topological polar surface area (TPSA) is 45.6 Å². The first kappa shape index (κ1) is 19.4. The number of aromatic nitrogens is 1. The quantitative estimate of drug-likeness (QED) is 0.849. The average Bonchev–Trinajstić information content (AvgIpc) is 2.67. The molecule has 0 saturated carbocycles. The number of ether oxygens (including phenoxy) is 1. The number of rotatable bonds is 5. The smallest absolute Gasteiger partial charge is 0.120 e. The average molecular weight is 377 g/mol. The second-order valence-corrected chi connectivity index (χ2v) is 7.47. The third-order valence-corrected chi connectivity index (χ3v) is 6.20. The van der Waals surface area contributed by atoms with Crippen LogP contribution in [0.3, 0.4) is 0 Å². The second kappa shape index (κ2) is 8.12. The van der Waals surface area contributed by atoms with Gasteiger partial charge in [-0.1, -0.05) is 13.3 Å². The molecule has 0 amide bonds. The summed E-state index contributed by atoms with van der Waals surface area (Å²) in [5.41, 5.74) is 1.90. The largest absolute Gasteiger partial charge is 0.494 e. The summed E-state index contributed by atoms with van der Waals surface area (Å²) in [6, 6.07) is 8.16. The van der Waals surface area contributed by atoms with Crippen LogP contribution >= 0.6 is 12.4 Å². The van der Waals surface area contributed by atoms with Crippen LogP contribution in [0.25, 0.3) is 10.9 Å². The molecule has 4 heterocycles. The van der Waals surface area contributed by atoms with Gasteiger partial charge in [-0.2, -0.15) is 0 Å². The Hall–Kier alpha value is -1.36. The van der Waals surface area contributed by atoms with E-state index in [9.17, 15) is 5.11 Å². The fourth-order valence-electron chi connectivity index (χ4n) is 4.84. The first-order chi connectivity index (χ1) is 12.2. The molecule has 2 aromatic rings. The molecule has 5 rings (SSSR count). The van der Waals surface area contributed by atoms with Crippen LogP contribution in [-0.4, -0.2) is 40.7 Å². The molecule has 1 aromatic carbocycles. The van der Waals surface area contributed by atoms with Crippen molar-refractivity contribution in [2.24, 2.45) is 11.8 Å². The molecule has 26 heavy (non-hydrogen) atoms. The van der Waals surface area contributed by atoms with Crippen LogP contribution in [0.15, 0.2) is 30.5 Å². The normalized spacial score (nSPS) is 28.6. The predicted molar refractivity (Wildman–Crippen MR) is 107 cm³/mol. The van der Waals surface area contributed by atoms with E-state index in [1.807, 2.05) is 37.4 Å². The van der Waals surface area contributed by atoms with E-state index in [0.717, 1.165) is 53.6 Å². The van der Waals surface area contributed by atoms with Gasteiger partial charge >= 0.3 is 0 Å². The maximum atomic E-state index is 11.2. The van der Waals surface area contributed by atoms with E-state index in [-0.39, 0.29) is 18.4 Å². The van der Waals surface area contributed by atoms with Crippen molar-refractivity contribution in [2.75, 3.05) is 19.7 Å². The van der Waals surface area contributed by atoms with Crippen LogP contribution in [0.5, 0.6) is 5.75 Å². The summed E-state index contributed by atoms with van der Waals surface area (Å²) in [6.45, 7) is 7.18. The van der Waals surface area contributed by atoms with E-state index in [1.54, 1.807) is 0 Å². The van der Waals surface area contributed by atoms with Gasteiger partial charge in [0.1, 0.15) is 5.75 Å². The fraction of sp³-hybridized carbons (Fsp3) is 0.571. The predicted octanol–water partition coefficient (Wildman–Crippen LogP) is 4.21.